The van der Waals surface area contributed by atoms with Crippen LogP contribution in [-0.2, 0) is 6.54 Å². The minimum atomic E-state index is -0.290. The molecule has 1 aromatic rings. The van der Waals surface area contributed by atoms with Crippen LogP contribution in [0.15, 0.2) is 24.3 Å². The van der Waals surface area contributed by atoms with E-state index in [4.69, 9.17) is 0 Å². The maximum absolute atomic E-state index is 13.5. The van der Waals surface area contributed by atoms with Crippen molar-refractivity contribution in [3.8, 4) is 0 Å². The van der Waals surface area contributed by atoms with Crippen molar-refractivity contribution in [2.24, 2.45) is 0 Å². The molecule has 1 saturated heterocycles. The first kappa shape index (κ1) is 11.6. The smallest absolute Gasteiger partial charge is 0.127 e. The highest BCUT2D eigenvalue weighted by molar-refractivity contribution is 5.18. The summed E-state index contributed by atoms with van der Waals surface area (Å²) < 4.78 is 13.5. The van der Waals surface area contributed by atoms with Gasteiger partial charge in [-0.15, -0.1) is 0 Å². The second kappa shape index (κ2) is 4.15. The van der Waals surface area contributed by atoms with Crippen molar-refractivity contribution in [1.82, 2.24) is 4.90 Å². The van der Waals surface area contributed by atoms with E-state index in [0.717, 1.165) is 6.42 Å². The Kier molecular flexibility index (Phi) is 3.00. The number of likely N-dealkylation sites (tertiary alicyclic amines) is 1. The molecule has 1 unspecified atom stereocenters. The average Bonchev–Trinajstić information content (AvgIpc) is 2.43. The monoisotopic (exact) mass is 223 g/mol. The molecule has 0 radical (unpaired) electrons. The van der Waals surface area contributed by atoms with Crippen LogP contribution >= 0.6 is 0 Å². The predicted molar refractivity (Wildman–Crippen MR) is 61.5 cm³/mol. The van der Waals surface area contributed by atoms with E-state index in [2.05, 4.69) is 18.7 Å². The number of benzene rings is 1. The lowest BCUT2D eigenvalue weighted by molar-refractivity contribution is 0.155. The summed E-state index contributed by atoms with van der Waals surface area (Å²) in [5.74, 6) is -0.167. The molecule has 1 fully saturated rings. The fourth-order valence-corrected chi connectivity index (χ4v) is 2.38. The van der Waals surface area contributed by atoms with E-state index in [9.17, 15) is 9.50 Å². The Labute approximate surface area is 95.7 Å². The number of hydrogen-bond donors (Lipinski definition) is 1. The highest BCUT2D eigenvalue weighted by atomic mass is 19.1. The summed E-state index contributed by atoms with van der Waals surface area (Å²) in [4.78, 5) is 2.13. The molecule has 0 amide bonds. The van der Waals surface area contributed by atoms with E-state index in [0.29, 0.717) is 18.7 Å². The quantitative estimate of drug-likeness (QED) is 0.830. The van der Waals surface area contributed by atoms with Gasteiger partial charge >= 0.3 is 0 Å². The summed E-state index contributed by atoms with van der Waals surface area (Å²) in [6.45, 7) is 5.37. The van der Waals surface area contributed by atoms with Crippen molar-refractivity contribution >= 4 is 0 Å². The molecule has 16 heavy (non-hydrogen) atoms. The van der Waals surface area contributed by atoms with Crippen LogP contribution in [0, 0.1) is 5.82 Å². The Bertz CT molecular complexity index is 378. The highest BCUT2D eigenvalue weighted by Gasteiger charge is 2.37. The van der Waals surface area contributed by atoms with Gasteiger partial charge in [-0.05, 0) is 26.3 Å². The maximum Gasteiger partial charge on any atom is 0.127 e. The molecule has 88 valence electrons. The third-order valence-corrected chi connectivity index (χ3v) is 3.34. The summed E-state index contributed by atoms with van der Waals surface area (Å²) in [7, 11) is 0. The largest absolute Gasteiger partial charge is 0.392 e. The Balaban J connectivity index is 2.14. The second-order valence-electron chi connectivity index (χ2n) is 5.14. The number of hydrogen-bond acceptors (Lipinski definition) is 2. The Morgan fingerprint density at radius 3 is 2.69 bits per heavy atom. The van der Waals surface area contributed by atoms with Crippen LogP contribution in [0.5, 0.6) is 0 Å². The van der Waals surface area contributed by atoms with Gasteiger partial charge in [-0.1, -0.05) is 18.2 Å². The Morgan fingerprint density at radius 1 is 1.44 bits per heavy atom. The normalized spacial score (nSPS) is 24.9. The van der Waals surface area contributed by atoms with Gasteiger partial charge in [-0.25, -0.2) is 4.39 Å². The van der Waals surface area contributed by atoms with Crippen molar-refractivity contribution in [3.63, 3.8) is 0 Å². The van der Waals surface area contributed by atoms with Crippen molar-refractivity contribution < 1.29 is 9.50 Å². The zero-order chi connectivity index (χ0) is 11.8. The van der Waals surface area contributed by atoms with E-state index in [-0.39, 0.29) is 17.5 Å². The predicted octanol–water partition coefficient (Wildman–Crippen LogP) is 2.17. The van der Waals surface area contributed by atoms with Crippen LogP contribution in [0.1, 0.15) is 25.8 Å². The van der Waals surface area contributed by atoms with Crippen LogP contribution in [0.25, 0.3) is 0 Å². The zero-order valence-corrected chi connectivity index (χ0v) is 9.78. The maximum atomic E-state index is 13.5. The van der Waals surface area contributed by atoms with Gasteiger partial charge in [0, 0.05) is 24.2 Å². The van der Waals surface area contributed by atoms with Crippen molar-refractivity contribution in [3.05, 3.63) is 35.6 Å². The van der Waals surface area contributed by atoms with E-state index in [1.807, 2.05) is 6.07 Å². The lowest BCUT2D eigenvalue weighted by Gasteiger charge is -2.31. The molecule has 0 saturated carbocycles. The van der Waals surface area contributed by atoms with Crippen LogP contribution in [-0.4, -0.2) is 28.2 Å². The fraction of sp³-hybridized carbons (Fsp3) is 0.538. The van der Waals surface area contributed by atoms with Gasteiger partial charge in [0.25, 0.3) is 0 Å². The molecule has 3 heteroatoms. The van der Waals surface area contributed by atoms with Gasteiger partial charge < -0.3 is 5.11 Å². The Hall–Kier alpha value is -0.930. The SMILES string of the molecule is CC1(C)CC(O)CN1Cc1ccccc1F. The average molecular weight is 223 g/mol. The molecule has 2 rings (SSSR count). The molecular formula is C13H18FNO. The molecule has 0 aliphatic carbocycles. The molecule has 1 aliphatic heterocycles. The first-order valence-corrected chi connectivity index (χ1v) is 5.65. The van der Waals surface area contributed by atoms with Crippen LogP contribution in [0.2, 0.25) is 0 Å². The molecule has 2 nitrogen and oxygen atoms in total. The van der Waals surface area contributed by atoms with Gasteiger partial charge in [0.2, 0.25) is 0 Å². The van der Waals surface area contributed by atoms with Gasteiger partial charge in [0.05, 0.1) is 6.10 Å². The Morgan fingerprint density at radius 2 is 2.12 bits per heavy atom. The summed E-state index contributed by atoms with van der Waals surface area (Å²) in [5, 5.41) is 9.65. The summed E-state index contributed by atoms with van der Waals surface area (Å²) in [5.41, 5.74) is 0.645. The molecule has 1 atom stereocenters. The number of nitrogens with zero attached hydrogens (tertiary/aromatic N) is 1. The number of rotatable bonds is 2. The third-order valence-electron chi connectivity index (χ3n) is 3.34. The summed E-state index contributed by atoms with van der Waals surface area (Å²) in [6, 6.07) is 6.83. The van der Waals surface area contributed by atoms with E-state index in [1.54, 1.807) is 12.1 Å². The lowest BCUT2D eigenvalue weighted by Crippen LogP contribution is -2.37. The number of aliphatic hydroxyl groups is 1. The minimum absolute atomic E-state index is 0.0539. The standard InChI is InChI=1S/C13H18FNO/c1-13(2)7-11(16)9-15(13)8-10-5-3-4-6-12(10)14/h3-6,11,16H,7-9H2,1-2H3. The molecule has 1 N–H and O–H groups in total. The van der Waals surface area contributed by atoms with Gasteiger partial charge in [0.1, 0.15) is 5.82 Å². The second-order valence-corrected chi connectivity index (χ2v) is 5.14. The number of halogens is 1. The summed E-state index contributed by atoms with van der Waals surface area (Å²) >= 11 is 0. The van der Waals surface area contributed by atoms with Crippen molar-refractivity contribution in [2.75, 3.05) is 6.54 Å². The molecule has 0 aromatic heterocycles. The lowest BCUT2D eigenvalue weighted by atomic mass is 10.0. The number of aliphatic hydroxyl groups excluding tert-OH is 1. The molecule has 1 aliphatic rings. The van der Waals surface area contributed by atoms with Crippen molar-refractivity contribution in [2.45, 2.75) is 38.5 Å². The van der Waals surface area contributed by atoms with Gasteiger partial charge in [-0.2, -0.15) is 0 Å². The van der Waals surface area contributed by atoms with Crippen LogP contribution in [0.4, 0.5) is 4.39 Å². The fourth-order valence-electron chi connectivity index (χ4n) is 2.38. The topological polar surface area (TPSA) is 23.5 Å². The highest BCUT2D eigenvalue weighted by Crippen LogP contribution is 2.30. The van der Waals surface area contributed by atoms with E-state index < -0.39 is 0 Å². The van der Waals surface area contributed by atoms with Crippen LogP contribution in [0.3, 0.4) is 0 Å². The van der Waals surface area contributed by atoms with Gasteiger partial charge in [0.15, 0.2) is 0 Å². The zero-order valence-electron chi connectivity index (χ0n) is 9.78. The first-order valence-electron chi connectivity index (χ1n) is 5.65. The van der Waals surface area contributed by atoms with Crippen LogP contribution < -0.4 is 0 Å². The molecular weight excluding hydrogens is 205 g/mol. The van der Waals surface area contributed by atoms with E-state index >= 15 is 0 Å². The number of β-amino-alcohol motifs (C(OH)–C–C–N with tert-alkyl or cyclic N) is 1. The minimum Gasteiger partial charge on any atom is -0.392 e. The van der Waals surface area contributed by atoms with Gasteiger partial charge in [-0.3, -0.25) is 4.90 Å². The molecule has 1 heterocycles. The summed E-state index contributed by atoms with van der Waals surface area (Å²) in [6.07, 6.45) is 0.461. The van der Waals surface area contributed by atoms with Crippen molar-refractivity contribution in [1.29, 1.82) is 0 Å². The molecule has 0 spiro atoms. The molecule has 1 aromatic carbocycles. The molecule has 0 bridgehead atoms. The first-order chi connectivity index (χ1) is 7.49. The van der Waals surface area contributed by atoms with E-state index in [1.165, 1.54) is 6.07 Å². The third kappa shape index (κ3) is 2.25.